The van der Waals surface area contributed by atoms with Crippen molar-refractivity contribution >= 4 is 47.2 Å². The first-order chi connectivity index (χ1) is 15.1. The molecule has 2 aliphatic heterocycles. The van der Waals surface area contributed by atoms with Crippen LogP contribution in [0.2, 0.25) is 0 Å². The van der Waals surface area contributed by atoms with E-state index in [1.807, 2.05) is 78.9 Å². The second-order valence-corrected chi connectivity index (χ2v) is 14.3. The minimum absolute atomic E-state index is 0.733. The lowest BCUT2D eigenvalue weighted by molar-refractivity contribution is 0.282. The van der Waals surface area contributed by atoms with Gasteiger partial charge in [-0.1, -0.05) is 66.7 Å². The molecular weight excluding hydrogens is 462 g/mol. The maximum atomic E-state index is 6.74. The summed E-state index contributed by atoms with van der Waals surface area (Å²) < 4.78 is 18.1. The van der Waals surface area contributed by atoms with E-state index >= 15 is 0 Å². The monoisotopic (exact) mass is 479 g/mol. The Bertz CT molecular complexity index is 1340. The fourth-order valence-electron chi connectivity index (χ4n) is 4.09. The highest BCUT2D eigenvalue weighted by Gasteiger charge is 2.46. The Balaban J connectivity index is 1.52. The smallest absolute Gasteiger partial charge is 0.411 e. The molecule has 2 atom stereocenters. The first-order valence-electron chi connectivity index (χ1n) is 9.80. The average Bonchev–Trinajstić information content (AvgIpc) is 2.79. The molecular formula is C24H17O3P2S2+. The van der Waals surface area contributed by atoms with Gasteiger partial charge in [-0.25, -0.2) is 4.31 Å². The topological polar surface area (TPSA) is 31.3 Å². The van der Waals surface area contributed by atoms with Gasteiger partial charge < -0.3 is 9.05 Å². The van der Waals surface area contributed by atoms with E-state index in [2.05, 4.69) is 18.2 Å². The van der Waals surface area contributed by atoms with E-state index in [9.17, 15) is 0 Å². The number of rotatable bonds is 2. The summed E-state index contributed by atoms with van der Waals surface area (Å²) in [5.74, 6) is 1.58. The van der Waals surface area contributed by atoms with Crippen LogP contribution < -0.4 is 15.1 Å². The third kappa shape index (κ3) is 3.04. The minimum Gasteiger partial charge on any atom is -0.551 e. The molecule has 0 bridgehead atoms. The molecule has 0 fully saturated rings. The van der Waals surface area contributed by atoms with Crippen LogP contribution in [0, 0.1) is 0 Å². The number of hydrogen-bond acceptors (Lipinski definition) is 4. The van der Waals surface area contributed by atoms with Crippen molar-refractivity contribution in [2.45, 2.75) is 0 Å². The molecule has 2 aliphatic rings. The molecule has 4 aromatic rings. The maximum absolute atomic E-state index is 6.74. The van der Waals surface area contributed by atoms with Gasteiger partial charge in [0.25, 0.3) is 12.2 Å². The van der Waals surface area contributed by atoms with Crippen molar-refractivity contribution in [3.8, 4) is 33.8 Å². The molecule has 0 saturated heterocycles. The van der Waals surface area contributed by atoms with Gasteiger partial charge >= 0.3 is 6.49 Å². The fraction of sp³-hybridized carbons (Fsp3) is 0. The molecule has 4 aromatic carbocycles. The average molecular weight is 479 g/mol. The lowest BCUT2D eigenvalue weighted by Crippen LogP contribution is -2.23. The van der Waals surface area contributed by atoms with Gasteiger partial charge in [-0.05, 0) is 41.6 Å². The Kier molecular flexibility index (Phi) is 4.47. The van der Waals surface area contributed by atoms with Crippen molar-refractivity contribution in [2.24, 2.45) is 0 Å². The predicted octanol–water partition coefficient (Wildman–Crippen LogP) is 6.25. The highest BCUT2D eigenvalue weighted by atomic mass is 32.5. The highest BCUT2D eigenvalue weighted by molar-refractivity contribution is 8.21. The molecule has 2 unspecified atom stereocenters. The van der Waals surface area contributed by atoms with Crippen molar-refractivity contribution in [3.63, 3.8) is 0 Å². The summed E-state index contributed by atoms with van der Waals surface area (Å²) >= 11 is 12.3. The molecule has 6 rings (SSSR count). The van der Waals surface area contributed by atoms with E-state index in [1.165, 1.54) is 0 Å². The van der Waals surface area contributed by atoms with E-state index in [-0.39, 0.29) is 0 Å². The summed E-state index contributed by atoms with van der Waals surface area (Å²) in [4.78, 5) is 0. The Morgan fingerprint density at radius 3 is 1.94 bits per heavy atom. The van der Waals surface area contributed by atoms with E-state index in [0.717, 1.165) is 44.4 Å². The molecule has 1 N–H and O–H groups in total. The van der Waals surface area contributed by atoms with E-state index in [0.29, 0.717) is 0 Å². The zero-order valence-electron chi connectivity index (χ0n) is 16.2. The summed E-state index contributed by atoms with van der Waals surface area (Å²) in [6.07, 6.45) is 0. The molecule has 0 aromatic heterocycles. The summed E-state index contributed by atoms with van der Waals surface area (Å²) in [5.41, 5.74) is 4.18. The fourth-order valence-corrected chi connectivity index (χ4v) is 12.4. The third-order valence-corrected chi connectivity index (χ3v) is 12.9. The molecule has 0 amide bonds. The molecule has 0 saturated carbocycles. The van der Waals surface area contributed by atoms with E-state index < -0.39 is 13.0 Å². The van der Waals surface area contributed by atoms with Gasteiger partial charge in [0.2, 0.25) is 0 Å². The van der Waals surface area contributed by atoms with Crippen LogP contribution in [0.1, 0.15) is 0 Å². The number of benzene rings is 4. The Labute approximate surface area is 191 Å². The van der Waals surface area contributed by atoms with E-state index in [4.69, 9.17) is 37.0 Å². The van der Waals surface area contributed by atoms with Crippen molar-refractivity contribution in [2.75, 3.05) is 0 Å². The normalized spacial score (nSPS) is 22.7. The van der Waals surface area contributed by atoms with Gasteiger partial charge in [0.1, 0.15) is 11.1 Å². The van der Waals surface area contributed by atoms with Gasteiger partial charge in [-0.15, -0.1) is 0 Å². The van der Waals surface area contributed by atoms with Crippen LogP contribution in [0.3, 0.4) is 0 Å². The van der Waals surface area contributed by atoms with Crippen LogP contribution in [0.25, 0.3) is 22.3 Å². The Morgan fingerprint density at radius 1 is 0.613 bits per heavy atom. The first-order valence-corrected chi connectivity index (χ1v) is 15.1. The standard InChI is InChI=1S/C24H16O3P2S2/c30-28(23-15-7-3-11-19(23)17-9-1-5-13-21(17)25-28)27-29(31)24-16-8-4-12-20(24)18-10-2-6-14-22(18)26-29/h1-16H/p+1. The van der Waals surface area contributed by atoms with Gasteiger partial charge in [0.15, 0.2) is 0 Å². The van der Waals surface area contributed by atoms with Crippen LogP contribution in [0.4, 0.5) is 0 Å². The largest absolute Gasteiger partial charge is 0.551 e. The van der Waals surface area contributed by atoms with Gasteiger partial charge in [-0.3, -0.25) is 0 Å². The van der Waals surface area contributed by atoms with Crippen LogP contribution in [0.15, 0.2) is 97.1 Å². The number of aromatic hydroxyl groups is 1. The van der Waals surface area contributed by atoms with Crippen LogP contribution in [0.5, 0.6) is 11.5 Å². The van der Waals surface area contributed by atoms with Crippen LogP contribution in [-0.2, 0) is 27.9 Å². The molecule has 2 heterocycles. The van der Waals surface area contributed by atoms with Crippen LogP contribution >= 0.6 is 13.0 Å². The van der Waals surface area contributed by atoms with Gasteiger partial charge in [0.05, 0.1) is 10.9 Å². The highest BCUT2D eigenvalue weighted by Crippen LogP contribution is 2.69. The lowest BCUT2D eigenvalue weighted by atomic mass is 10.0. The van der Waals surface area contributed by atoms with Crippen LogP contribution in [-0.4, -0.2) is 4.52 Å². The molecule has 0 radical (unpaired) electrons. The second kappa shape index (κ2) is 7.13. The second-order valence-electron chi connectivity index (χ2n) is 7.34. The van der Waals surface area contributed by atoms with Crippen molar-refractivity contribution in [1.29, 1.82) is 0 Å². The lowest BCUT2D eigenvalue weighted by Gasteiger charge is -2.35. The predicted molar refractivity (Wildman–Crippen MR) is 135 cm³/mol. The minimum atomic E-state index is -2.95. The Morgan fingerprint density at radius 2 is 1.16 bits per heavy atom. The number of fused-ring (bicyclic) bond motifs is 6. The first kappa shape index (κ1) is 19.4. The summed E-state index contributed by atoms with van der Waals surface area (Å²) in [7, 11) is 0. The summed E-state index contributed by atoms with van der Waals surface area (Å²) in [5, 5.41) is 1.81. The maximum Gasteiger partial charge on any atom is 0.411 e. The van der Waals surface area contributed by atoms with Crippen molar-refractivity contribution in [1.82, 2.24) is 0 Å². The quantitative estimate of drug-likeness (QED) is 0.251. The van der Waals surface area contributed by atoms with Gasteiger partial charge in [0, 0.05) is 29.0 Å². The zero-order chi connectivity index (χ0) is 21.1. The SMILES string of the molecule is S=P1(OP2(=S)[OH+]c3ccccc3-c3ccccc32)Oc2ccccc2-c2ccccc21. The molecule has 3 nitrogen and oxygen atoms in total. The van der Waals surface area contributed by atoms with Crippen molar-refractivity contribution < 1.29 is 13.4 Å². The molecule has 0 spiro atoms. The third-order valence-electron chi connectivity index (χ3n) is 5.46. The molecule has 0 aliphatic carbocycles. The Hall–Kier alpha value is -2.26. The van der Waals surface area contributed by atoms with Crippen molar-refractivity contribution in [3.05, 3.63) is 97.1 Å². The zero-order valence-corrected chi connectivity index (χ0v) is 19.6. The summed E-state index contributed by atoms with van der Waals surface area (Å²) in [6, 6.07) is 32.1. The molecule has 152 valence electrons. The molecule has 31 heavy (non-hydrogen) atoms. The number of para-hydroxylation sites is 2. The summed E-state index contributed by atoms with van der Waals surface area (Å²) in [6.45, 7) is -5.81. The number of hydrogen-bond donors (Lipinski definition) is 0. The molecule has 7 heteroatoms. The van der Waals surface area contributed by atoms with E-state index in [1.54, 1.807) is 0 Å². The van der Waals surface area contributed by atoms with Gasteiger partial charge in [-0.2, -0.15) is 0 Å².